The molecule has 1 nitrogen and oxygen atoms in total. The minimum atomic E-state index is -0.195. The summed E-state index contributed by atoms with van der Waals surface area (Å²) in [5.41, 5.74) is 3.28. The number of aryl methyl sites for hydroxylation is 1. The highest BCUT2D eigenvalue weighted by Crippen LogP contribution is 2.25. The molecule has 20 heavy (non-hydrogen) atoms. The molecular weight excluding hydrogens is 249 g/mol. The normalized spacial score (nSPS) is 12.4. The van der Waals surface area contributed by atoms with Gasteiger partial charge in [0, 0.05) is 18.2 Å². The Hall–Kier alpha value is -1.83. The van der Waals surface area contributed by atoms with Crippen molar-refractivity contribution in [3.8, 4) is 0 Å². The third-order valence-corrected chi connectivity index (χ3v) is 3.74. The maximum absolute atomic E-state index is 13.3. The summed E-state index contributed by atoms with van der Waals surface area (Å²) < 4.78 is 13.3. The fraction of sp³-hybridized carbons (Fsp3) is 0.333. The number of benzene rings is 2. The average Bonchev–Trinajstić information content (AvgIpc) is 2.43. The van der Waals surface area contributed by atoms with Crippen molar-refractivity contribution in [1.29, 1.82) is 0 Å². The fourth-order valence-electron chi connectivity index (χ4n) is 2.44. The molecule has 0 aliphatic heterocycles. The third-order valence-electron chi connectivity index (χ3n) is 3.74. The van der Waals surface area contributed by atoms with Crippen molar-refractivity contribution < 1.29 is 4.39 Å². The monoisotopic (exact) mass is 271 g/mol. The third kappa shape index (κ3) is 3.60. The van der Waals surface area contributed by atoms with Gasteiger partial charge in [-0.3, -0.25) is 0 Å². The van der Waals surface area contributed by atoms with Crippen LogP contribution in [0.3, 0.4) is 0 Å². The highest BCUT2D eigenvalue weighted by Gasteiger charge is 2.15. The first-order valence-electron chi connectivity index (χ1n) is 7.13. The van der Waals surface area contributed by atoms with Gasteiger partial charge in [0.15, 0.2) is 0 Å². The van der Waals surface area contributed by atoms with Gasteiger partial charge >= 0.3 is 0 Å². The fourth-order valence-corrected chi connectivity index (χ4v) is 2.44. The molecule has 0 aliphatic rings. The van der Waals surface area contributed by atoms with Crippen LogP contribution in [-0.2, 0) is 0 Å². The van der Waals surface area contributed by atoms with Crippen molar-refractivity contribution in [2.75, 3.05) is 11.9 Å². The maximum Gasteiger partial charge on any atom is 0.125 e. The Bertz CT molecular complexity index is 549. The molecule has 2 heteroatoms. The van der Waals surface area contributed by atoms with Crippen molar-refractivity contribution in [2.24, 2.45) is 5.92 Å². The van der Waals surface area contributed by atoms with E-state index in [0.29, 0.717) is 11.8 Å². The smallest absolute Gasteiger partial charge is 0.125 e. The van der Waals surface area contributed by atoms with E-state index in [0.717, 1.165) is 17.8 Å². The van der Waals surface area contributed by atoms with E-state index in [1.807, 2.05) is 19.1 Å². The topological polar surface area (TPSA) is 12.0 Å². The van der Waals surface area contributed by atoms with Crippen LogP contribution in [0.1, 0.15) is 30.9 Å². The summed E-state index contributed by atoms with van der Waals surface area (Å²) in [7, 11) is 0. The Morgan fingerprint density at radius 2 is 1.75 bits per heavy atom. The summed E-state index contributed by atoms with van der Waals surface area (Å²) >= 11 is 0. The van der Waals surface area contributed by atoms with Gasteiger partial charge in [-0.1, -0.05) is 50.2 Å². The van der Waals surface area contributed by atoms with Gasteiger partial charge in [0.2, 0.25) is 0 Å². The van der Waals surface area contributed by atoms with Crippen LogP contribution in [-0.4, -0.2) is 6.54 Å². The molecule has 0 bridgehead atoms. The Morgan fingerprint density at radius 1 is 1.05 bits per heavy atom. The summed E-state index contributed by atoms with van der Waals surface area (Å²) in [5, 5.41) is 3.39. The summed E-state index contributed by atoms with van der Waals surface area (Å²) in [6.45, 7) is 7.25. The van der Waals surface area contributed by atoms with Crippen molar-refractivity contribution in [3.63, 3.8) is 0 Å². The second-order valence-corrected chi connectivity index (χ2v) is 5.60. The summed E-state index contributed by atoms with van der Waals surface area (Å²) in [6, 6.07) is 15.4. The Kier molecular flexibility index (Phi) is 4.78. The van der Waals surface area contributed by atoms with Crippen molar-refractivity contribution >= 4 is 5.69 Å². The molecule has 2 aromatic rings. The quantitative estimate of drug-likeness (QED) is 0.808. The zero-order valence-electron chi connectivity index (χ0n) is 12.4. The SMILES string of the molecule is Cc1ccc(F)cc1NCC(c1ccccc1)C(C)C. The number of rotatable bonds is 5. The lowest BCUT2D eigenvalue weighted by atomic mass is 9.88. The second kappa shape index (κ2) is 6.56. The lowest BCUT2D eigenvalue weighted by Gasteiger charge is -2.23. The molecule has 0 radical (unpaired) electrons. The van der Waals surface area contributed by atoms with Gasteiger partial charge < -0.3 is 5.32 Å². The number of nitrogens with one attached hydrogen (secondary N) is 1. The number of hydrogen-bond donors (Lipinski definition) is 1. The first kappa shape index (κ1) is 14.6. The van der Waals surface area contributed by atoms with Crippen LogP contribution in [0.25, 0.3) is 0 Å². The standard InChI is InChI=1S/C18H22FN/c1-13(2)17(15-7-5-4-6-8-15)12-20-18-11-16(19)10-9-14(18)3/h4-11,13,17,20H,12H2,1-3H3. The van der Waals surface area contributed by atoms with Gasteiger partial charge in [-0.05, 0) is 36.1 Å². The highest BCUT2D eigenvalue weighted by molar-refractivity contribution is 5.51. The highest BCUT2D eigenvalue weighted by atomic mass is 19.1. The molecule has 1 atom stereocenters. The van der Waals surface area contributed by atoms with Crippen LogP contribution in [0.4, 0.5) is 10.1 Å². The maximum atomic E-state index is 13.3. The minimum Gasteiger partial charge on any atom is -0.384 e. The molecule has 0 saturated heterocycles. The van der Waals surface area contributed by atoms with Crippen LogP contribution in [0.5, 0.6) is 0 Å². The van der Waals surface area contributed by atoms with E-state index in [1.165, 1.54) is 11.6 Å². The number of hydrogen-bond acceptors (Lipinski definition) is 1. The molecule has 1 N–H and O–H groups in total. The molecule has 2 aromatic carbocycles. The molecule has 106 valence electrons. The Morgan fingerprint density at radius 3 is 2.40 bits per heavy atom. The molecule has 0 fully saturated rings. The molecule has 0 aliphatic carbocycles. The minimum absolute atomic E-state index is 0.195. The first-order chi connectivity index (χ1) is 9.58. The largest absolute Gasteiger partial charge is 0.384 e. The van der Waals surface area contributed by atoms with Gasteiger partial charge in [0.05, 0.1) is 0 Å². The van der Waals surface area contributed by atoms with E-state index < -0.39 is 0 Å². The first-order valence-corrected chi connectivity index (χ1v) is 7.13. The van der Waals surface area contributed by atoms with E-state index in [1.54, 1.807) is 6.07 Å². The van der Waals surface area contributed by atoms with Crippen LogP contribution < -0.4 is 5.32 Å². The van der Waals surface area contributed by atoms with E-state index in [9.17, 15) is 4.39 Å². The van der Waals surface area contributed by atoms with Crippen molar-refractivity contribution in [3.05, 3.63) is 65.5 Å². The zero-order valence-corrected chi connectivity index (χ0v) is 12.4. The van der Waals surface area contributed by atoms with E-state index in [4.69, 9.17) is 0 Å². The van der Waals surface area contributed by atoms with Gasteiger partial charge in [-0.2, -0.15) is 0 Å². The number of halogens is 1. The van der Waals surface area contributed by atoms with Crippen LogP contribution >= 0.6 is 0 Å². The van der Waals surface area contributed by atoms with E-state index in [2.05, 4.69) is 43.4 Å². The Labute approximate surface area is 120 Å². The summed E-state index contributed by atoms with van der Waals surface area (Å²) in [4.78, 5) is 0. The van der Waals surface area contributed by atoms with Gasteiger partial charge in [0.1, 0.15) is 5.82 Å². The van der Waals surface area contributed by atoms with Crippen molar-refractivity contribution in [2.45, 2.75) is 26.7 Å². The lowest BCUT2D eigenvalue weighted by Crippen LogP contribution is -2.18. The van der Waals surface area contributed by atoms with Crippen LogP contribution in [0.2, 0.25) is 0 Å². The molecular formula is C18H22FN. The molecule has 0 saturated carbocycles. The van der Waals surface area contributed by atoms with Crippen LogP contribution in [0, 0.1) is 18.7 Å². The lowest BCUT2D eigenvalue weighted by molar-refractivity contribution is 0.516. The van der Waals surface area contributed by atoms with E-state index in [-0.39, 0.29) is 5.82 Å². The van der Waals surface area contributed by atoms with Crippen molar-refractivity contribution in [1.82, 2.24) is 0 Å². The predicted octanol–water partition coefficient (Wildman–Crippen LogP) is 4.99. The molecule has 0 spiro atoms. The van der Waals surface area contributed by atoms with Gasteiger partial charge in [0.25, 0.3) is 0 Å². The van der Waals surface area contributed by atoms with Gasteiger partial charge in [-0.15, -0.1) is 0 Å². The number of anilines is 1. The molecule has 1 unspecified atom stereocenters. The average molecular weight is 271 g/mol. The van der Waals surface area contributed by atoms with Gasteiger partial charge in [-0.25, -0.2) is 4.39 Å². The summed E-state index contributed by atoms with van der Waals surface area (Å²) in [6.07, 6.45) is 0. The van der Waals surface area contributed by atoms with Crippen LogP contribution in [0.15, 0.2) is 48.5 Å². The molecule has 0 heterocycles. The molecule has 2 rings (SSSR count). The molecule has 0 amide bonds. The zero-order chi connectivity index (χ0) is 14.5. The second-order valence-electron chi connectivity index (χ2n) is 5.60. The molecule has 0 aromatic heterocycles. The van der Waals surface area contributed by atoms with E-state index >= 15 is 0 Å². The predicted molar refractivity (Wildman–Crippen MR) is 83.6 cm³/mol. The summed E-state index contributed by atoms with van der Waals surface area (Å²) in [5.74, 6) is 0.747. The Balaban J connectivity index is 2.12.